The Morgan fingerprint density at radius 3 is 2.33 bits per heavy atom. The maximum atomic E-state index is 14.6. The Bertz CT molecular complexity index is 797. The van der Waals surface area contributed by atoms with Crippen LogP contribution in [0.3, 0.4) is 0 Å². The summed E-state index contributed by atoms with van der Waals surface area (Å²) in [7, 11) is 0. The number of ether oxygens (including phenoxy) is 1. The van der Waals surface area contributed by atoms with Gasteiger partial charge in [0.15, 0.2) is 0 Å². The van der Waals surface area contributed by atoms with Crippen molar-refractivity contribution in [3.05, 3.63) is 59.4 Å². The number of benzene rings is 2. The normalized spacial score (nSPS) is 18.5. The molecule has 4 rings (SSSR count). The zero-order valence-corrected chi connectivity index (χ0v) is 18.1. The second-order valence-electron chi connectivity index (χ2n) is 8.54. The Labute approximate surface area is 180 Å². The van der Waals surface area contributed by atoms with Gasteiger partial charge in [-0.2, -0.15) is 0 Å². The molecule has 0 aromatic heterocycles. The highest BCUT2D eigenvalue weighted by atomic mass is 19.1. The largest absolute Gasteiger partial charge is 0.385 e. The fraction of sp³-hybridized carbons (Fsp3) is 0.520. The molecule has 2 fully saturated rings. The van der Waals surface area contributed by atoms with Crippen LogP contribution in [0.5, 0.6) is 0 Å². The number of nitrogens with zero attached hydrogens (tertiary/aromatic N) is 2. The van der Waals surface area contributed by atoms with Crippen molar-refractivity contribution in [3.63, 3.8) is 0 Å². The molecular weight excluding hydrogens is 377 g/mol. The van der Waals surface area contributed by atoms with Crippen LogP contribution in [0, 0.1) is 11.7 Å². The van der Waals surface area contributed by atoms with Gasteiger partial charge in [-0.05, 0) is 67.6 Å². The van der Waals surface area contributed by atoms with Gasteiger partial charge in [-0.1, -0.05) is 31.2 Å². The molecule has 0 radical (unpaired) electrons. The van der Waals surface area contributed by atoms with Gasteiger partial charge in [0.1, 0.15) is 5.82 Å². The molecule has 5 heteroatoms. The average molecular weight is 412 g/mol. The molecule has 4 nitrogen and oxygen atoms in total. The quantitative estimate of drug-likeness (QED) is 0.723. The highest BCUT2D eigenvalue weighted by Crippen LogP contribution is 2.25. The molecule has 1 N–H and O–H groups in total. The Morgan fingerprint density at radius 1 is 0.967 bits per heavy atom. The van der Waals surface area contributed by atoms with Crippen LogP contribution in [-0.4, -0.2) is 50.8 Å². The molecule has 0 unspecified atom stereocenters. The maximum absolute atomic E-state index is 14.6. The molecule has 2 saturated heterocycles. The van der Waals surface area contributed by atoms with Crippen LogP contribution in [0.15, 0.2) is 42.5 Å². The summed E-state index contributed by atoms with van der Waals surface area (Å²) < 4.78 is 19.9. The first-order chi connectivity index (χ1) is 14.7. The van der Waals surface area contributed by atoms with E-state index >= 15 is 0 Å². The third-order valence-corrected chi connectivity index (χ3v) is 6.44. The van der Waals surface area contributed by atoms with Crippen molar-refractivity contribution in [2.75, 3.05) is 56.2 Å². The van der Waals surface area contributed by atoms with Crippen molar-refractivity contribution in [1.82, 2.24) is 4.90 Å². The summed E-state index contributed by atoms with van der Waals surface area (Å²) in [5.74, 6) is 0.497. The van der Waals surface area contributed by atoms with E-state index in [1.54, 1.807) is 6.07 Å². The number of nitrogens with one attached hydrogen (secondary N) is 1. The first-order valence-electron chi connectivity index (χ1n) is 11.4. The summed E-state index contributed by atoms with van der Waals surface area (Å²) in [5.41, 5.74) is 4.37. The Hall–Kier alpha value is -2.11. The van der Waals surface area contributed by atoms with E-state index in [-0.39, 0.29) is 5.82 Å². The number of morpholine rings is 1. The molecular formula is C25H34FN3O. The number of aryl methyl sites for hydroxylation is 1. The highest BCUT2D eigenvalue weighted by molar-refractivity contribution is 5.56. The Balaban J connectivity index is 1.22. The van der Waals surface area contributed by atoms with E-state index in [9.17, 15) is 4.39 Å². The van der Waals surface area contributed by atoms with Crippen LogP contribution >= 0.6 is 0 Å². The third-order valence-electron chi connectivity index (χ3n) is 6.44. The fourth-order valence-corrected chi connectivity index (χ4v) is 4.43. The van der Waals surface area contributed by atoms with Crippen LogP contribution in [0.25, 0.3) is 0 Å². The van der Waals surface area contributed by atoms with Gasteiger partial charge in [-0.3, -0.25) is 4.90 Å². The maximum Gasteiger partial charge on any atom is 0.148 e. The summed E-state index contributed by atoms with van der Waals surface area (Å²) >= 11 is 0. The number of hydrogen-bond acceptors (Lipinski definition) is 4. The van der Waals surface area contributed by atoms with Crippen molar-refractivity contribution in [1.29, 1.82) is 0 Å². The summed E-state index contributed by atoms with van der Waals surface area (Å²) in [6.07, 6.45) is 3.47. The van der Waals surface area contributed by atoms with E-state index in [4.69, 9.17) is 4.74 Å². The van der Waals surface area contributed by atoms with Gasteiger partial charge in [0.05, 0.1) is 18.9 Å². The van der Waals surface area contributed by atoms with Crippen molar-refractivity contribution in [2.24, 2.45) is 5.92 Å². The predicted octanol–water partition coefficient (Wildman–Crippen LogP) is 4.55. The Kier molecular flexibility index (Phi) is 7.24. The minimum atomic E-state index is -0.147. The van der Waals surface area contributed by atoms with Gasteiger partial charge in [-0.15, -0.1) is 0 Å². The lowest BCUT2D eigenvalue weighted by Crippen LogP contribution is -2.36. The minimum absolute atomic E-state index is 0.147. The molecule has 0 saturated carbocycles. The molecule has 162 valence electrons. The lowest BCUT2D eigenvalue weighted by molar-refractivity contribution is 0.122. The molecule has 0 amide bonds. The molecule has 0 atom stereocenters. The van der Waals surface area contributed by atoms with Crippen molar-refractivity contribution < 1.29 is 9.13 Å². The zero-order chi connectivity index (χ0) is 20.8. The third kappa shape index (κ3) is 5.52. The number of hydrogen-bond donors (Lipinski definition) is 1. The standard InChI is InChI=1S/C25H34FN3O/c1-2-20-3-5-22(6-4-20)19-28-11-9-21(10-12-28)18-27-23-7-8-25(24(26)17-23)29-13-15-30-16-14-29/h3-8,17,21,27H,2,9-16,18-19H2,1H3. The molecule has 30 heavy (non-hydrogen) atoms. The lowest BCUT2D eigenvalue weighted by atomic mass is 9.96. The molecule has 2 aliphatic heterocycles. The van der Waals surface area contributed by atoms with Gasteiger partial charge in [-0.25, -0.2) is 4.39 Å². The molecule has 2 aromatic carbocycles. The molecule has 2 aromatic rings. The Morgan fingerprint density at radius 2 is 1.67 bits per heavy atom. The van der Waals surface area contributed by atoms with E-state index in [0.29, 0.717) is 24.8 Å². The highest BCUT2D eigenvalue weighted by Gasteiger charge is 2.20. The zero-order valence-electron chi connectivity index (χ0n) is 18.1. The number of piperidine rings is 1. The van der Waals surface area contributed by atoms with Gasteiger partial charge >= 0.3 is 0 Å². The van der Waals surface area contributed by atoms with Crippen LogP contribution in [-0.2, 0) is 17.7 Å². The van der Waals surface area contributed by atoms with Gasteiger partial charge < -0.3 is 15.0 Å². The predicted molar refractivity (Wildman–Crippen MR) is 122 cm³/mol. The van der Waals surface area contributed by atoms with Crippen molar-refractivity contribution in [2.45, 2.75) is 32.7 Å². The second-order valence-corrected chi connectivity index (χ2v) is 8.54. The summed E-state index contributed by atoms with van der Waals surface area (Å²) in [6.45, 7) is 9.26. The number of rotatable bonds is 7. The number of halogens is 1. The van der Waals surface area contributed by atoms with Crippen LogP contribution in [0.4, 0.5) is 15.8 Å². The number of likely N-dealkylation sites (tertiary alicyclic amines) is 1. The van der Waals surface area contributed by atoms with Crippen molar-refractivity contribution >= 4 is 11.4 Å². The minimum Gasteiger partial charge on any atom is -0.385 e. The van der Waals surface area contributed by atoms with E-state index in [1.165, 1.54) is 24.0 Å². The number of anilines is 2. The first-order valence-corrected chi connectivity index (χ1v) is 11.4. The second kappa shape index (κ2) is 10.3. The van der Waals surface area contributed by atoms with E-state index in [2.05, 4.69) is 46.3 Å². The lowest BCUT2D eigenvalue weighted by Gasteiger charge is -2.32. The molecule has 2 aliphatic rings. The van der Waals surface area contributed by atoms with Crippen molar-refractivity contribution in [3.8, 4) is 0 Å². The monoisotopic (exact) mass is 411 g/mol. The van der Waals surface area contributed by atoms with E-state index in [0.717, 1.165) is 51.4 Å². The molecule has 0 spiro atoms. The van der Waals surface area contributed by atoms with Crippen LogP contribution < -0.4 is 10.2 Å². The van der Waals surface area contributed by atoms with Crippen LogP contribution in [0.2, 0.25) is 0 Å². The summed E-state index contributed by atoms with van der Waals surface area (Å²) in [5, 5.41) is 3.46. The van der Waals surface area contributed by atoms with Gasteiger partial charge in [0.2, 0.25) is 0 Å². The summed E-state index contributed by atoms with van der Waals surface area (Å²) in [6, 6.07) is 14.6. The fourth-order valence-electron chi connectivity index (χ4n) is 4.43. The van der Waals surface area contributed by atoms with E-state index in [1.807, 2.05) is 12.1 Å². The van der Waals surface area contributed by atoms with Crippen LogP contribution in [0.1, 0.15) is 30.9 Å². The van der Waals surface area contributed by atoms with E-state index < -0.39 is 0 Å². The first kappa shape index (κ1) is 21.1. The SMILES string of the molecule is CCc1ccc(CN2CCC(CNc3ccc(N4CCOCC4)c(F)c3)CC2)cc1. The average Bonchev–Trinajstić information content (AvgIpc) is 2.80. The topological polar surface area (TPSA) is 27.7 Å². The molecule has 0 aliphatic carbocycles. The molecule has 2 heterocycles. The van der Waals surface area contributed by atoms with Gasteiger partial charge in [0, 0.05) is 31.9 Å². The smallest absolute Gasteiger partial charge is 0.148 e. The van der Waals surface area contributed by atoms with Gasteiger partial charge in [0.25, 0.3) is 0 Å². The summed E-state index contributed by atoms with van der Waals surface area (Å²) in [4.78, 5) is 4.61. The molecule has 0 bridgehead atoms.